The average molecular weight is 252 g/mol. The van der Waals surface area contributed by atoms with E-state index < -0.39 is 6.10 Å². The Morgan fingerprint density at radius 2 is 2.39 bits per heavy atom. The number of rotatable bonds is 3. The summed E-state index contributed by atoms with van der Waals surface area (Å²) < 4.78 is 13.1. The van der Waals surface area contributed by atoms with E-state index in [-0.39, 0.29) is 17.8 Å². The van der Waals surface area contributed by atoms with Gasteiger partial charge in [-0.2, -0.15) is 0 Å². The van der Waals surface area contributed by atoms with Crippen molar-refractivity contribution in [3.63, 3.8) is 0 Å². The largest absolute Gasteiger partial charge is 0.392 e. The molecule has 2 rings (SSSR count). The summed E-state index contributed by atoms with van der Waals surface area (Å²) >= 11 is 0. The zero-order valence-corrected chi connectivity index (χ0v) is 10.2. The van der Waals surface area contributed by atoms with Crippen LogP contribution in [0.2, 0.25) is 0 Å². The van der Waals surface area contributed by atoms with Crippen molar-refractivity contribution in [2.45, 2.75) is 32.0 Å². The Morgan fingerprint density at radius 1 is 1.61 bits per heavy atom. The van der Waals surface area contributed by atoms with Crippen molar-refractivity contribution >= 4 is 5.91 Å². The molecule has 0 radical (unpaired) electrons. The summed E-state index contributed by atoms with van der Waals surface area (Å²) in [5, 5.41) is 15.0. The average Bonchev–Trinajstić information content (AvgIpc) is 2.77. The lowest BCUT2D eigenvalue weighted by atomic mass is 10.1. The van der Waals surface area contributed by atoms with Crippen LogP contribution in [0.15, 0.2) is 18.2 Å². The van der Waals surface area contributed by atoms with Crippen molar-refractivity contribution in [3.8, 4) is 0 Å². The van der Waals surface area contributed by atoms with Gasteiger partial charge in [0.2, 0.25) is 5.91 Å². The topological polar surface area (TPSA) is 61.4 Å². The quantitative estimate of drug-likeness (QED) is 0.733. The number of halogens is 1. The Kier molecular flexibility index (Phi) is 3.93. The number of β-amino-alcohol motifs (C(OH)–C–C–N with tert-alkyl or cyclic N) is 1. The molecule has 1 aliphatic heterocycles. The van der Waals surface area contributed by atoms with E-state index in [2.05, 4.69) is 10.6 Å². The van der Waals surface area contributed by atoms with Gasteiger partial charge in [0.05, 0.1) is 12.1 Å². The molecule has 1 saturated heterocycles. The maximum atomic E-state index is 13.1. The van der Waals surface area contributed by atoms with Gasteiger partial charge in [-0.3, -0.25) is 4.79 Å². The van der Waals surface area contributed by atoms with Crippen LogP contribution in [0.25, 0.3) is 0 Å². The van der Waals surface area contributed by atoms with Crippen LogP contribution in [-0.4, -0.2) is 29.7 Å². The Labute approximate surface area is 105 Å². The van der Waals surface area contributed by atoms with Crippen molar-refractivity contribution in [2.24, 2.45) is 0 Å². The highest BCUT2D eigenvalue weighted by Crippen LogP contribution is 2.10. The summed E-state index contributed by atoms with van der Waals surface area (Å²) in [5.74, 6) is -0.376. The first-order chi connectivity index (χ1) is 8.56. The number of carbonyl (C=O) groups is 1. The molecule has 1 aliphatic rings. The molecule has 1 aromatic rings. The Balaban J connectivity index is 1.87. The van der Waals surface area contributed by atoms with E-state index in [4.69, 9.17) is 0 Å². The molecule has 0 saturated carbocycles. The molecular formula is C13H17FN2O2. The summed E-state index contributed by atoms with van der Waals surface area (Å²) in [4.78, 5) is 11.8. The molecular weight excluding hydrogens is 235 g/mol. The smallest absolute Gasteiger partial charge is 0.237 e. The van der Waals surface area contributed by atoms with Crippen LogP contribution in [0.3, 0.4) is 0 Å². The van der Waals surface area contributed by atoms with E-state index in [9.17, 15) is 14.3 Å². The highest BCUT2D eigenvalue weighted by molar-refractivity contribution is 5.82. The predicted molar refractivity (Wildman–Crippen MR) is 65.4 cm³/mol. The number of aryl methyl sites for hydroxylation is 1. The van der Waals surface area contributed by atoms with Crippen LogP contribution in [0.5, 0.6) is 0 Å². The molecule has 1 heterocycles. The summed E-state index contributed by atoms with van der Waals surface area (Å²) in [6.45, 7) is 2.51. The van der Waals surface area contributed by atoms with Crippen LogP contribution in [-0.2, 0) is 11.3 Å². The summed E-state index contributed by atoms with van der Waals surface area (Å²) in [6, 6.07) is 4.43. The van der Waals surface area contributed by atoms with E-state index in [0.29, 0.717) is 25.1 Å². The fourth-order valence-electron chi connectivity index (χ4n) is 2.05. The number of nitrogens with one attached hydrogen (secondary N) is 2. The van der Waals surface area contributed by atoms with Gasteiger partial charge in [0.25, 0.3) is 0 Å². The highest BCUT2D eigenvalue weighted by Gasteiger charge is 2.27. The van der Waals surface area contributed by atoms with E-state index >= 15 is 0 Å². The predicted octanol–water partition coefficient (Wildman–Crippen LogP) is 0.473. The normalized spacial score (nSPS) is 23.1. The zero-order chi connectivity index (χ0) is 13.1. The summed E-state index contributed by atoms with van der Waals surface area (Å²) in [7, 11) is 0. The lowest BCUT2D eigenvalue weighted by Gasteiger charge is -2.11. The number of hydrogen-bond donors (Lipinski definition) is 3. The van der Waals surface area contributed by atoms with E-state index in [1.54, 1.807) is 19.1 Å². The van der Waals surface area contributed by atoms with Crippen LogP contribution >= 0.6 is 0 Å². The van der Waals surface area contributed by atoms with Gasteiger partial charge >= 0.3 is 0 Å². The third kappa shape index (κ3) is 3.05. The lowest BCUT2D eigenvalue weighted by molar-refractivity contribution is -0.123. The zero-order valence-electron chi connectivity index (χ0n) is 10.2. The Morgan fingerprint density at radius 3 is 3.00 bits per heavy atom. The SMILES string of the molecule is Cc1cc(CNC(=O)C2CC(O)CN2)ccc1F. The van der Waals surface area contributed by atoms with Crippen molar-refractivity contribution in [3.05, 3.63) is 35.1 Å². The molecule has 2 atom stereocenters. The molecule has 98 valence electrons. The first kappa shape index (κ1) is 13.0. The first-order valence-electron chi connectivity index (χ1n) is 6.00. The van der Waals surface area contributed by atoms with Gasteiger partial charge in [0, 0.05) is 13.1 Å². The van der Waals surface area contributed by atoms with E-state index in [1.165, 1.54) is 6.07 Å². The highest BCUT2D eigenvalue weighted by atomic mass is 19.1. The number of aliphatic hydroxyl groups excluding tert-OH is 1. The minimum absolute atomic E-state index is 0.131. The Hall–Kier alpha value is -1.46. The monoisotopic (exact) mass is 252 g/mol. The standard InChI is InChI=1S/C13H17FN2O2/c1-8-4-9(2-3-11(8)14)6-16-13(18)12-5-10(17)7-15-12/h2-4,10,12,15,17H,5-7H2,1H3,(H,16,18). The van der Waals surface area contributed by atoms with Crippen LogP contribution in [0.4, 0.5) is 4.39 Å². The van der Waals surface area contributed by atoms with Crippen molar-refractivity contribution in [1.82, 2.24) is 10.6 Å². The fourth-order valence-corrected chi connectivity index (χ4v) is 2.05. The van der Waals surface area contributed by atoms with Gasteiger partial charge in [-0.05, 0) is 30.5 Å². The third-order valence-corrected chi connectivity index (χ3v) is 3.11. The van der Waals surface area contributed by atoms with Crippen LogP contribution in [0.1, 0.15) is 17.5 Å². The van der Waals surface area contributed by atoms with E-state index in [1.807, 2.05) is 0 Å². The molecule has 2 unspecified atom stereocenters. The molecule has 18 heavy (non-hydrogen) atoms. The van der Waals surface area contributed by atoms with Gasteiger partial charge in [-0.25, -0.2) is 4.39 Å². The minimum Gasteiger partial charge on any atom is -0.392 e. The number of aliphatic hydroxyl groups is 1. The van der Waals surface area contributed by atoms with Crippen molar-refractivity contribution < 1.29 is 14.3 Å². The van der Waals surface area contributed by atoms with Crippen LogP contribution in [0, 0.1) is 12.7 Å². The van der Waals surface area contributed by atoms with E-state index in [0.717, 1.165) is 5.56 Å². The molecule has 0 aliphatic carbocycles. The summed E-state index contributed by atoms with van der Waals surface area (Å²) in [6.07, 6.45) is -0.0114. The molecule has 1 fully saturated rings. The van der Waals surface area contributed by atoms with Crippen molar-refractivity contribution in [2.75, 3.05) is 6.54 Å². The molecule has 0 aromatic heterocycles. The minimum atomic E-state index is -0.450. The molecule has 0 spiro atoms. The fraction of sp³-hybridized carbons (Fsp3) is 0.462. The van der Waals surface area contributed by atoms with Gasteiger partial charge in [-0.1, -0.05) is 12.1 Å². The number of benzene rings is 1. The molecule has 1 amide bonds. The Bertz CT molecular complexity index is 451. The molecule has 4 nitrogen and oxygen atoms in total. The number of carbonyl (C=O) groups excluding carboxylic acids is 1. The van der Waals surface area contributed by atoms with Gasteiger partial charge < -0.3 is 15.7 Å². The molecule has 3 N–H and O–H groups in total. The molecule has 0 bridgehead atoms. The first-order valence-corrected chi connectivity index (χ1v) is 6.00. The summed E-state index contributed by atoms with van der Waals surface area (Å²) in [5.41, 5.74) is 1.43. The van der Waals surface area contributed by atoms with Gasteiger partial charge in [0.1, 0.15) is 5.82 Å². The maximum absolute atomic E-state index is 13.1. The maximum Gasteiger partial charge on any atom is 0.237 e. The second-order valence-corrected chi connectivity index (χ2v) is 4.65. The second kappa shape index (κ2) is 5.46. The second-order valence-electron chi connectivity index (χ2n) is 4.65. The van der Waals surface area contributed by atoms with Crippen molar-refractivity contribution in [1.29, 1.82) is 0 Å². The molecule has 1 aromatic carbocycles. The lowest BCUT2D eigenvalue weighted by Crippen LogP contribution is -2.40. The third-order valence-electron chi connectivity index (χ3n) is 3.11. The molecule has 5 heteroatoms. The van der Waals surface area contributed by atoms with Crippen LogP contribution < -0.4 is 10.6 Å². The number of hydrogen-bond acceptors (Lipinski definition) is 3. The van der Waals surface area contributed by atoms with Gasteiger partial charge in [0.15, 0.2) is 0 Å². The van der Waals surface area contributed by atoms with Gasteiger partial charge in [-0.15, -0.1) is 0 Å². The number of amides is 1.